The molecule has 1 rings (SSSR count). The van der Waals surface area contributed by atoms with E-state index in [0.717, 1.165) is 42.2 Å². The predicted molar refractivity (Wildman–Crippen MR) is 70.5 cm³/mol. The molecule has 2 nitrogen and oxygen atoms in total. The minimum absolute atomic E-state index is 0.492. The van der Waals surface area contributed by atoms with Crippen LogP contribution in [0.5, 0.6) is 0 Å². The van der Waals surface area contributed by atoms with Crippen molar-refractivity contribution in [1.29, 1.82) is 0 Å². The lowest BCUT2D eigenvalue weighted by molar-refractivity contribution is 0.521. The van der Waals surface area contributed by atoms with E-state index in [1.54, 1.807) is 0 Å². The second-order valence-corrected chi connectivity index (χ2v) is 4.70. The number of alkyl halides is 1. The maximum Gasteiger partial charge on any atom is 0.0849 e. The Bertz CT molecular complexity index is 330. The second-order valence-electron chi connectivity index (χ2n) is 4.01. The zero-order chi connectivity index (χ0) is 12.1. The number of hydrogen-bond acceptors (Lipinski definition) is 1. The molecule has 16 heavy (non-hydrogen) atoms. The Morgan fingerprint density at radius 3 is 2.44 bits per heavy atom. The third-order valence-electron chi connectivity index (χ3n) is 2.97. The summed E-state index contributed by atoms with van der Waals surface area (Å²) in [5, 5.41) is 5.35. The Morgan fingerprint density at radius 1 is 1.31 bits per heavy atom. The summed E-state index contributed by atoms with van der Waals surface area (Å²) >= 11 is 12.3. The molecule has 1 atom stereocenters. The smallest absolute Gasteiger partial charge is 0.0849 e. The van der Waals surface area contributed by atoms with E-state index in [-0.39, 0.29) is 0 Å². The molecule has 0 N–H and O–H groups in total. The average molecular weight is 263 g/mol. The van der Waals surface area contributed by atoms with Crippen molar-refractivity contribution in [2.45, 2.75) is 46.6 Å². The zero-order valence-corrected chi connectivity index (χ0v) is 11.8. The van der Waals surface area contributed by atoms with Crippen LogP contribution in [0.3, 0.4) is 0 Å². The quantitative estimate of drug-likeness (QED) is 0.711. The molecule has 0 aliphatic heterocycles. The molecule has 0 radical (unpaired) electrons. The fourth-order valence-electron chi connectivity index (χ4n) is 1.79. The van der Waals surface area contributed by atoms with Gasteiger partial charge in [-0.05, 0) is 25.7 Å². The first-order valence-corrected chi connectivity index (χ1v) is 6.89. The van der Waals surface area contributed by atoms with Gasteiger partial charge in [0.15, 0.2) is 0 Å². The Morgan fingerprint density at radius 2 is 2.00 bits per heavy atom. The molecular weight excluding hydrogens is 243 g/mol. The Hall–Kier alpha value is -0.210. The SMILES string of the molecule is CCc1nn(CC)c(CC(CC)CCl)c1Cl. The summed E-state index contributed by atoms with van der Waals surface area (Å²) in [6.45, 7) is 7.20. The van der Waals surface area contributed by atoms with Gasteiger partial charge in [-0.1, -0.05) is 31.9 Å². The molecule has 1 unspecified atom stereocenters. The lowest BCUT2D eigenvalue weighted by Gasteiger charge is -2.12. The van der Waals surface area contributed by atoms with E-state index in [4.69, 9.17) is 23.2 Å². The van der Waals surface area contributed by atoms with Gasteiger partial charge < -0.3 is 0 Å². The number of halogens is 2. The van der Waals surface area contributed by atoms with Crippen LogP contribution in [-0.2, 0) is 19.4 Å². The van der Waals surface area contributed by atoms with Crippen LogP contribution >= 0.6 is 23.2 Å². The van der Waals surface area contributed by atoms with Crippen LogP contribution in [0.4, 0.5) is 0 Å². The van der Waals surface area contributed by atoms with Gasteiger partial charge in [-0.15, -0.1) is 11.6 Å². The highest BCUT2D eigenvalue weighted by molar-refractivity contribution is 6.31. The average Bonchev–Trinajstić information content (AvgIpc) is 2.62. The number of aromatic nitrogens is 2. The van der Waals surface area contributed by atoms with Gasteiger partial charge >= 0.3 is 0 Å². The first kappa shape index (κ1) is 13.9. The van der Waals surface area contributed by atoms with Crippen LogP contribution in [0.15, 0.2) is 0 Å². The van der Waals surface area contributed by atoms with Gasteiger partial charge in [0.05, 0.1) is 16.4 Å². The van der Waals surface area contributed by atoms with Gasteiger partial charge in [0.2, 0.25) is 0 Å². The Kier molecular flexibility index (Phi) is 5.63. The van der Waals surface area contributed by atoms with Crippen molar-refractivity contribution >= 4 is 23.2 Å². The van der Waals surface area contributed by atoms with E-state index in [2.05, 4.69) is 25.9 Å². The van der Waals surface area contributed by atoms with Crippen molar-refractivity contribution in [3.8, 4) is 0 Å². The Labute approximate surface area is 108 Å². The minimum atomic E-state index is 0.492. The van der Waals surface area contributed by atoms with Crippen LogP contribution < -0.4 is 0 Å². The summed E-state index contributed by atoms with van der Waals surface area (Å²) in [5.41, 5.74) is 2.15. The summed E-state index contributed by atoms with van der Waals surface area (Å²) in [7, 11) is 0. The normalized spacial score (nSPS) is 13.1. The molecule has 0 saturated heterocycles. The maximum atomic E-state index is 6.34. The first-order chi connectivity index (χ1) is 7.67. The molecule has 0 bridgehead atoms. The monoisotopic (exact) mass is 262 g/mol. The third kappa shape index (κ3) is 2.92. The summed E-state index contributed by atoms with van der Waals surface area (Å²) in [5.74, 6) is 1.18. The highest BCUT2D eigenvalue weighted by Gasteiger charge is 2.17. The number of aryl methyl sites for hydroxylation is 2. The molecule has 0 fully saturated rings. The van der Waals surface area contributed by atoms with Crippen molar-refractivity contribution in [1.82, 2.24) is 9.78 Å². The van der Waals surface area contributed by atoms with Crippen LogP contribution in [0.25, 0.3) is 0 Å². The van der Waals surface area contributed by atoms with Crippen molar-refractivity contribution in [2.75, 3.05) is 5.88 Å². The largest absolute Gasteiger partial charge is 0.268 e. The topological polar surface area (TPSA) is 17.8 Å². The van der Waals surface area contributed by atoms with Crippen molar-refractivity contribution in [3.05, 3.63) is 16.4 Å². The van der Waals surface area contributed by atoms with Gasteiger partial charge in [-0.3, -0.25) is 4.68 Å². The van der Waals surface area contributed by atoms with Crippen LogP contribution in [0, 0.1) is 5.92 Å². The summed E-state index contributed by atoms with van der Waals surface area (Å²) in [6.07, 6.45) is 2.90. The molecule has 0 amide bonds. The maximum absolute atomic E-state index is 6.34. The third-order valence-corrected chi connectivity index (χ3v) is 3.84. The zero-order valence-electron chi connectivity index (χ0n) is 10.3. The van der Waals surface area contributed by atoms with E-state index in [1.165, 1.54) is 0 Å². The number of hydrogen-bond donors (Lipinski definition) is 0. The van der Waals surface area contributed by atoms with Gasteiger partial charge in [-0.2, -0.15) is 5.10 Å². The molecule has 92 valence electrons. The second kappa shape index (κ2) is 6.51. The van der Waals surface area contributed by atoms with Gasteiger partial charge in [-0.25, -0.2) is 0 Å². The molecule has 1 aromatic heterocycles. The number of nitrogens with zero attached hydrogens (tertiary/aromatic N) is 2. The lowest BCUT2D eigenvalue weighted by Crippen LogP contribution is -2.10. The van der Waals surface area contributed by atoms with Crippen LogP contribution in [0.1, 0.15) is 38.6 Å². The minimum Gasteiger partial charge on any atom is -0.268 e. The predicted octanol–water partition coefficient (Wildman–Crippen LogP) is 3.93. The molecule has 1 aromatic rings. The molecule has 0 aromatic carbocycles. The fourth-order valence-corrected chi connectivity index (χ4v) is 2.47. The van der Waals surface area contributed by atoms with Crippen molar-refractivity contribution in [3.63, 3.8) is 0 Å². The van der Waals surface area contributed by atoms with Gasteiger partial charge in [0.25, 0.3) is 0 Å². The van der Waals surface area contributed by atoms with E-state index < -0.39 is 0 Å². The van der Waals surface area contributed by atoms with E-state index in [1.807, 2.05) is 4.68 Å². The summed E-state index contributed by atoms with van der Waals surface area (Å²) in [4.78, 5) is 0. The molecule has 1 heterocycles. The first-order valence-electron chi connectivity index (χ1n) is 5.97. The van der Waals surface area contributed by atoms with Gasteiger partial charge in [0, 0.05) is 12.4 Å². The molecule has 0 spiro atoms. The molecular formula is C12H20Cl2N2. The van der Waals surface area contributed by atoms with E-state index >= 15 is 0 Å². The van der Waals surface area contributed by atoms with E-state index in [9.17, 15) is 0 Å². The van der Waals surface area contributed by atoms with Crippen LogP contribution in [-0.4, -0.2) is 15.7 Å². The van der Waals surface area contributed by atoms with Crippen molar-refractivity contribution in [2.24, 2.45) is 5.92 Å². The highest BCUT2D eigenvalue weighted by Crippen LogP contribution is 2.25. The lowest BCUT2D eigenvalue weighted by atomic mass is 10.0. The summed E-state index contributed by atoms with van der Waals surface area (Å²) in [6, 6.07) is 0. The summed E-state index contributed by atoms with van der Waals surface area (Å²) < 4.78 is 2.01. The molecule has 0 aliphatic carbocycles. The fraction of sp³-hybridized carbons (Fsp3) is 0.750. The molecule has 4 heteroatoms. The molecule has 0 saturated carbocycles. The molecule has 0 aliphatic rings. The van der Waals surface area contributed by atoms with Crippen molar-refractivity contribution < 1.29 is 0 Å². The standard InChI is InChI=1S/C12H20Cl2N2/c1-4-9(8-13)7-11-12(14)10(5-2)15-16(11)6-3/h9H,4-8H2,1-3H3. The number of rotatable bonds is 6. The van der Waals surface area contributed by atoms with E-state index in [0.29, 0.717) is 11.8 Å². The highest BCUT2D eigenvalue weighted by atomic mass is 35.5. The van der Waals surface area contributed by atoms with Crippen LogP contribution in [0.2, 0.25) is 5.02 Å². The Balaban J connectivity index is 2.96. The van der Waals surface area contributed by atoms with Gasteiger partial charge in [0.1, 0.15) is 0 Å².